The number of carboxylic acid groups (broad SMARTS) is 1. The van der Waals surface area contributed by atoms with Crippen molar-refractivity contribution in [1.82, 2.24) is 68.1 Å². The van der Waals surface area contributed by atoms with Gasteiger partial charge in [0.25, 0.3) is 11.7 Å². The van der Waals surface area contributed by atoms with Crippen LogP contribution in [0.15, 0.2) is 41.6 Å². The van der Waals surface area contributed by atoms with E-state index < -0.39 is 35.1 Å². The number of carbonyl (C=O) groups excluding carboxylic acids is 9. The van der Waals surface area contributed by atoms with E-state index in [1.165, 1.54) is 4.80 Å². The topological polar surface area (TPSA) is 389 Å². The number of hydrogen-bond donors (Lipinski definition) is 10. The van der Waals surface area contributed by atoms with Crippen LogP contribution >= 0.6 is 11.8 Å². The molecule has 524 valence electrons. The first kappa shape index (κ1) is 77.6. The average molecular weight is 1340 g/mol. The molecular weight excluding hydrogens is 1240 g/mol. The number of nitrogens with zero attached hydrogens (tertiary/aromatic N) is 4. The number of nitrogens with one attached hydrogen (secondary N) is 9. The predicted molar refractivity (Wildman–Crippen MR) is 348 cm³/mol. The lowest BCUT2D eigenvalue weighted by Gasteiger charge is -2.30. The number of carbonyl (C=O) groups is 10. The van der Waals surface area contributed by atoms with E-state index in [-0.39, 0.29) is 143 Å². The monoisotopic (exact) mass is 1340 g/mol. The molecule has 0 radical (unpaired) electrons. The molecule has 2 aliphatic heterocycles. The zero-order valence-corrected chi connectivity index (χ0v) is 55.7. The van der Waals surface area contributed by atoms with Gasteiger partial charge in [0, 0.05) is 114 Å². The number of Topliss-reactive ketones (excluding diaryl/α,β-unsaturated/α-hetero) is 2. The van der Waals surface area contributed by atoms with Crippen LogP contribution in [0.4, 0.5) is 4.79 Å². The molecule has 94 heavy (non-hydrogen) atoms. The Morgan fingerprint density at radius 2 is 1.13 bits per heavy atom. The fraction of sp³-hybridized carbons (Fsp3) is 0.703. The van der Waals surface area contributed by atoms with Crippen molar-refractivity contribution < 1.29 is 76.7 Å². The minimum atomic E-state index is -0.895. The molecule has 3 heterocycles. The number of thioether (sulfide) groups is 1. The van der Waals surface area contributed by atoms with Crippen molar-refractivity contribution in [3.05, 3.63) is 47.4 Å². The highest BCUT2D eigenvalue weighted by molar-refractivity contribution is 8.00. The zero-order valence-electron chi connectivity index (χ0n) is 54.8. The number of amides is 8. The normalized spacial score (nSPS) is 16.7. The molecule has 2 saturated heterocycles. The van der Waals surface area contributed by atoms with E-state index in [4.69, 9.17) is 28.8 Å². The molecule has 3 fully saturated rings. The molecular formula is C64H101N13O16S. The highest BCUT2D eigenvalue weighted by Gasteiger charge is 2.42. The molecule has 8 amide bonds. The highest BCUT2D eigenvalue weighted by Crippen LogP contribution is 2.35. The number of hydrogen-bond acceptors (Lipinski definition) is 20. The molecule has 0 unspecified atom stereocenters. The van der Waals surface area contributed by atoms with Crippen molar-refractivity contribution >= 4 is 70.8 Å². The van der Waals surface area contributed by atoms with Gasteiger partial charge in [-0.2, -0.15) is 11.8 Å². The molecule has 29 nitrogen and oxygen atoms in total. The summed E-state index contributed by atoms with van der Waals surface area (Å²) in [5.74, 6) is -2.27. The zero-order chi connectivity index (χ0) is 67.6. The number of urea groups is 1. The number of para-hydroxylation sites is 1. The van der Waals surface area contributed by atoms with Gasteiger partial charge < -0.3 is 76.6 Å². The van der Waals surface area contributed by atoms with E-state index in [1.54, 1.807) is 12.1 Å². The molecule has 10 N–H and O–H groups in total. The first-order valence-electron chi connectivity index (χ1n) is 33.3. The number of tetrazole rings is 1. The number of ketones is 2. The minimum absolute atomic E-state index is 0.0271. The Labute approximate surface area is 555 Å². The van der Waals surface area contributed by atoms with Crippen LogP contribution in [0.25, 0.3) is 5.69 Å². The Morgan fingerprint density at radius 3 is 1.78 bits per heavy atom. The molecule has 4 atom stereocenters. The third-order valence-corrected chi connectivity index (χ3v) is 17.1. The molecule has 3 aliphatic rings. The van der Waals surface area contributed by atoms with E-state index in [0.717, 1.165) is 25.0 Å². The van der Waals surface area contributed by atoms with E-state index in [2.05, 4.69) is 63.3 Å². The lowest BCUT2D eigenvalue weighted by Crippen LogP contribution is -2.47. The molecule has 1 aromatic heterocycles. The number of benzene rings is 1. The van der Waals surface area contributed by atoms with Crippen LogP contribution in [0.1, 0.15) is 159 Å². The largest absolute Gasteiger partial charge is 0.481 e. The fourth-order valence-electron chi connectivity index (χ4n) is 10.6. The summed E-state index contributed by atoms with van der Waals surface area (Å²) in [4.78, 5) is 127. The van der Waals surface area contributed by atoms with Gasteiger partial charge in [-0.25, -0.2) is 4.79 Å². The van der Waals surface area contributed by atoms with Crippen molar-refractivity contribution in [3.63, 3.8) is 0 Å². The first-order chi connectivity index (χ1) is 45.5. The molecule has 1 aromatic carbocycles. The number of aliphatic carboxylic acids is 1. The smallest absolute Gasteiger partial charge is 0.315 e. The molecule has 30 heteroatoms. The summed E-state index contributed by atoms with van der Waals surface area (Å²) in [6.07, 6.45) is 9.31. The van der Waals surface area contributed by atoms with Gasteiger partial charge in [-0.1, -0.05) is 44.9 Å². The predicted octanol–water partition coefficient (Wildman–Crippen LogP) is 2.89. The lowest BCUT2D eigenvalue weighted by molar-refractivity contribution is -0.137. The maximum absolute atomic E-state index is 13.4. The summed E-state index contributed by atoms with van der Waals surface area (Å²) in [7, 11) is 0. The number of carboxylic acids is 1. The third-order valence-electron chi connectivity index (χ3n) is 15.5. The van der Waals surface area contributed by atoms with E-state index in [1.807, 2.05) is 43.8 Å². The number of fused-ring (bicyclic) bond motifs is 1. The van der Waals surface area contributed by atoms with Gasteiger partial charge in [-0.3, -0.25) is 43.2 Å². The van der Waals surface area contributed by atoms with Crippen molar-refractivity contribution in [1.29, 1.82) is 0 Å². The van der Waals surface area contributed by atoms with Gasteiger partial charge in [0.2, 0.25) is 29.5 Å². The van der Waals surface area contributed by atoms with Gasteiger partial charge in [0.1, 0.15) is 6.04 Å². The minimum Gasteiger partial charge on any atom is -0.481 e. The van der Waals surface area contributed by atoms with Crippen LogP contribution in [0.2, 0.25) is 0 Å². The Kier molecular flexibility index (Phi) is 37.4. The number of allylic oxidation sites excluding steroid dienone is 2. The quantitative estimate of drug-likeness (QED) is 0.0197. The highest BCUT2D eigenvalue weighted by atomic mass is 32.2. The third kappa shape index (κ3) is 32.3. The standard InChI is InChI=1S/C64H101N13O16S/c1-64(2)43-50(78)58(51(79)44-64)47(65-31-35-91-39-40-92-36-32-70-62(87)60-74-76-77(75-60)46-17-5-3-6-18-46)19-8-10-22-53(80)66-28-14-12-20-48(71-56(83)26-25-55(82)67-27-13-4-7-24-57(84)85)61(86)69-30-16-34-90-38-42-93-41-37-89-33-15-29-68-54(81)23-11-9-21-52-59-49(45-94-52)72-63(88)73-59/h3,5-6,17-18,48-49,52,59,65H,4,7-16,19-45H2,1-2H3,(H,66,80)(H,67,82)(H,68,81)(H,69,86)(H,70,87)(H,71,83)(H,84,85)(H2,72,73,88)/t48-,49-,52-,59-/m0/s1. The lowest BCUT2D eigenvalue weighted by atomic mass is 9.73. The van der Waals surface area contributed by atoms with Gasteiger partial charge in [-0.05, 0) is 99.8 Å². The summed E-state index contributed by atoms with van der Waals surface area (Å²) >= 11 is 1.88. The number of unbranched alkanes of at least 4 members (excludes halogenated alkanes) is 5. The Morgan fingerprint density at radius 1 is 0.585 bits per heavy atom. The summed E-state index contributed by atoms with van der Waals surface area (Å²) in [6.45, 7) is 9.18. The van der Waals surface area contributed by atoms with Crippen LogP contribution < -0.4 is 47.9 Å². The first-order valence-corrected chi connectivity index (χ1v) is 34.4. The maximum atomic E-state index is 13.4. The molecule has 0 spiro atoms. The summed E-state index contributed by atoms with van der Waals surface area (Å²) in [6, 6.07) is 8.50. The van der Waals surface area contributed by atoms with Gasteiger partial charge >= 0.3 is 12.0 Å². The number of ether oxygens (including phenoxy) is 5. The van der Waals surface area contributed by atoms with Crippen molar-refractivity contribution in [2.45, 2.75) is 172 Å². The fourth-order valence-corrected chi connectivity index (χ4v) is 12.2. The Bertz CT molecular complexity index is 2700. The van der Waals surface area contributed by atoms with Gasteiger partial charge in [-0.15, -0.1) is 15.0 Å². The van der Waals surface area contributed by atoms with Crippen LogP contribution in [0.5, 0.6) is 0 Å². The maximum Gasteiger partial charge on any atom is 0.315 e. The molecule has 5 rings (SSSR count). The number of rotatable bonds is 52. The molecule has 1 saturated carbocycles. The van der Waals surface area contributed by atoms with Crippen LogP contribution in [0, 0.1) is 5.41 Å². The Balaban J connectivity index is 0.912. The van der Waals surface area contributed by atoms with Crippen molar-refractivity contribution in [2.75, 3.05) is 111 Å². The molecule has 1 aliphatic carbocycles. The summed E-state index contributed by atoms with van der Waals surface area (Å²) in [5, 5.41) is 47.2. The van der Waals surface area contributed by atoms with Crippen LogP contribution in [-0.4, -0.2) is 219 Å². The van der Waals surface area contributed by atoms with E-state index in [9.17, 15) is 47.9 Å². The summed E-state index contributed by atoms with van der Waals surface area (Å²) < 4.78 is 28.2. The van der Waals surface area contributed by atoms with E-state index >= 15 is 0 Å². The van der Waals surface area contributed by atoms with Gasteiger partial charge in [0.05, 0.1) is 76.2 Å². The molecule has 2 aromatic rings. The van der Waals surface area contributed by atoms with Gasteiger partial charge in [0.15, 0.2) is 11.6 Å². The van der Waals surface area contributed by atoms with Crippen LogP contribution in [0.3, 0.4) is 0 Å². The SMILES string of the molecule is CC1(C)CC(=O)C(=C(CCCCC(=O)NCCCC[C@H](NC(=O)CCC(=O)NCCCCCC(=O)O)C(=O)NCCCOCCOCCOCCCNC(=O)CCCC[C@@H]2SC[C@@H]3NC(=O)N[C@@H]32)NCCOCCOCCNC(=O)c2nnn(-c3ccccc3)n2)C(=O)C1. The van der Waals surface area contributed by atoms with Crippen LogP contribution in [-0.2, 0) is 62.0 Å². The van der Waals surface area contributed by atoms with Crippen molar-refractivity contribution in [2.24, 2.45) is 5.41 Å². The average Bonchev–Trinajstić information content (AvgIpc) is 1.12. The van der Waals surface area contributed by atoms with E-state index in [0.29, 0.717) is 153 Å². The summed E-state index contributed by atoms with van der Waals surface area (Å²) in [5.41, 5.74) is 0.937. The second-order valence-electron chi connectivity index (χ2n) is 24.1. The van der Waals surface area contributed by atoms with Crippen molar-refractivity contribution in [3.8, 4) is 5.69 Å². The molecule has 0 bridgehead atoms. The second-order valence-corrected chi connectivity index (χ2v) is 25.4. The second kappa shape index (κ2) is 45.3. The number of aromatic nitrogens is 4. The Hall–Kier alpha value is -7.12.